The monoisotopic (exact) mass is 246 g/mol. The highest BCUT2D eigenvalue weighted by atomic mass is 35.5. The predicted octanol–water partition coefficient (Wildman–Crippen LogP) is 3.39. The summed E-state index contributed by atoms with van der Waals surface area (Å²) in [5.74, 6) is 0. The molecule has 0 saturated heterocycles. The molecule has 0 aliphatic heterocycles. The van der Waals surface area contributed by atoms with Gasteiger partial charge in [-0.15, -0.1) is 0 Å². The van der Waals surface area contributed by atoms with E-state index in [-0.39, 0.29) is 5.56 Å². The van der Waals surface area contributed by atoms with Crippen molar-refractivity contribution in [2.75, 3.05) is 0 Å². The molecule has 2 nitrogen and oxygen atoms in total. The Morgan fingerprint density at radius 1 is 1.25 bits per heavy atom. The van der Waals surface area contributed by atoms with E-state index in [1.54, 1.807) is 0 Å². The molecule has 1 aromatic heterocycles. The first-order valence-electron chi connectivity index (χ1n) is 4.42. The SMILES string of the molecule is FC(F)(F)Cc1ccc2nncc(Cl)c2c1. The van der Waals surface area contributed by atoms with Crippen LogP contribution in [0, 0.1) is 0 Å². The quantitative estimate of drug-likeness (QED) is 0.771. The molecule has 0 aliphatic carbocycles. The second-order valence-electron chi connectivity index (χ2n) is 3.34. The molecular formula is C10H6ClF3N2. The summed E-state index contributed by atoms with van der Waals surface area (Å²) in [4.78, 5) is 0. The first-order chi connectivity index (χ1) is 7.46. The second kappa shape index (κ2) is 3.90. The van der Waals surface area contributed by atoms with Gasteiger partial charge in [-0.1, -0.05) is 17.7 Å². The van der Waals surface area contributed by atoms with Crippen LogP contribution in [0.1, 0.15) is 5.56 Å². The number of fused-ring (bicyclic) bond motifs is 1. The zero-order valence-electron chi connectivity index (χ0n) is 7.92. The van der Waals surface area contributed by atoms with Crippen molar-refractivity contribution in [1.29, 1.82) is 0 Å². The van der Waals surface area contributed by atoms with Gasteiger partial charge >= 0.3 is 6.18 Å². The molecule has 0 unspecified atom stereocenters. The van der Waals surface area contributed by atoms with Crippen LogP contribution in [0.4, 0.5) is 13.2 Å². The maximum absolute atomic E-state index is 12.2. The van der Waals surface area contributed by atoms with Gasteiger partial charge in [0.25, 0.3) is 0 Å². The van der Waals surface area contributed by atoms with E-state index in [1.165, 1.54) is 24.4 Å². The van der Waals surface area contributed by atoms with Gasteiger partial charge in [0.2, 0.25) is 0 Å². The van der Waals surface area contributed by atoms with E-state index in [2.05, 4.69) is 10.2 Å². The van der Waals surface area contributed by atoms with Crippen molar-refractivity contribution in [2.45, 2.75) is 12.6 Å². The molecule has 0 N–H and O–H groups in total. The third-order valence-corrected chi connectivity index (χ3v) is 2.36. The minimum Gasteiger partial charge on any atom is -0.171 e. The highest BCUT2D eigenvalue weighted by Crippen LogP contribution is 2.26. The minimum absolute atomic E-state index is 0.162. The zero-order chi connectivity index (χ0) is 11.8. The Balaban J connectivity index is 2.47. The molecule has 0 bridgehead atoms. The van der Waals surface area contributed by atoms with Crippen LogP contribution in [0.2, 0.25) is 5.02 Å². The third-order valence-electron chi connectivity index (χ3n) is 2.06. The number of benzene rings is 1. The Kier molecular flexibility index (Phi) is 2.71. The van der Waals surface area contributed by atoms with Crippen molar-refractivity contribution in [1.82, 2.24) is 10.2 Å². The summed E-state index contributed by atoms with van der Waals surface area (Å²) in [5.41, 5.74) is 0.647. The van der Waals surface area contributed by atoms with Crippen molar-refractivity contribution in [3.63, 3.8) is 0 Å². The van der Waals surface area contributed by atoms with E-state index in [1.807, 2.05) is 0 Å². The van der Waals surface area contributed by atoms with Crippen LogP contribution in [0.25, 0.3) is 10.9 Å². The number of nitrogens with zero attached hydrogens (tertiary/aromatic N) is 2. The van der Waals surface area contributed by atoms with Crippen LogP contribution < -0.4 is 0 Å². The molecule has 2 aromatic rings. The van der Waals surface area contributed by atoms with Gasteiger partial charge in [0.15, 0.2) is 0 Å². The van der Waals surface area contributed by atoms with Crippen molar-refractivity contribution >= 4 is 22.5 Å². The number of hydrogen-bond acceptors (Lipinski definition) is 2. The molecule has 2 rings (SSSR count). The molecule has 1 heterocycles. The molecule has 0 radical (unpaired) electrons. The molecule has 16 heavy (non-hydrogen) atoms. The average Bonchev–Trinajstić information content (AvgIpc) is 2.17. The van der Waals surface area contributed by atoms with Crippen LogP contribution in [0.15, 0.2) is 24.4 Å². The van der Waals surface area contributed by atoms with Crippen LogP contribution >= 0.6 is 11.6 Å². The average molecular weight is 247 g/mol. The van der Waals surface area contributed by atoms with Crippen LogP contribution in [-0.2, 0) is 6.42 Å². The minimum atomic E-state index is -4.22. The fourth-order valence-corrected chi connectivity index (χ4v) is 1.61. The summed E-state index contributed by atoms with van der Waals surface area (Å²) in [6, 6.07) is 4.25. The van der Waals surface area contributed by atoms with E-state index < -0.39 is 12.6 Å². The smallest absolute Gasteiger partial charge is 0.171 e. The van der Waals surface area contributed by atoms with Crippen molar-refractivity contribution < 1.29 is 13.2 Å². The molecule has 0 spiro atoms. The highest BCUT2D eigenvalue weighted by Gasteiger charge is 2.27. The maximum Gasteiger partial charge on any atom is 0.393 e. The Morgan fingerprint density at radius 2 is 2.00 bits per heavy atom. The maximum atomic E-state index is 12.2. The normalized spacial score (nSPS) is 12.0. The third kappa shape index (κ3) is 2.41. The molecule has 6 heteroatoms. The van der Waals surface area contributed by atoms with Gasteiger partial charge in [0.1, 0.15) is 0 Å². The highest BCUT2D eigenvalue weighted by molar-refractivity contribution is 6.35. The largest absolute Gasteiger partial charge is 0.393 e. The van der Waals surface area contributed by atoms with Gasteiger partial charge in [-0.05, 0) is 17.7 Å². The van der Waals surface area contributed by atoms with Gasteiger partial charge in [0, 0.05) is 5.39 Å². The number of rotatable bonds is 1. The lowest BCUT2D eigenvalue weighted by molar-refractivity contribution is -0.127. The lowest BCUT2D eigenvalue weighted by Gasteiger charge is -2.07. The van der Waals surface area contributed by atoms with Gasteiger partial charge in [-0.2, -0.15) is 23.4 Å². The standard InChI is InChI=1S/C10H6ClF3N2/c11-8-5-15-16-9-2-1-6(3-7(8)9)4-10(12,13)14/h1-3,5H,4H2. The Morgan fingerprint density at radius 3 is 2.69 bits per heavy atom. The van der Waals surface area contributed by atoms with E-state index in [4.69, 9.17) is 11.6 Å². The van der Waals surface area contributed by atoms with Crippen molar-refractivity contribution in [3.05, 3.63) is 35.0 Å². The molecule has 1 aromatic carbocycles. The first-order valence-corrected chi connectivity index (χ1v) is 4.80. The number of hydrogen-bond donors (Lipinski definition) is 0. The second-order valence-corrected chi connectivity index (χ2v) is 3.74. The summed E-state index contributed by atoms with van der Waals surface area (Å²) in [5, 5.41) is 8.16. The van der Waals surface area contributed by atoms with Crippen molar-refractivity contribution in [3.8, 4) is 0 Å². The van der Waals surface area contributed by atoms with Gasteiger partial charge in [0.05, 0.1) is 23.2 Å². The molecule has 84 valence electrons. The lowest BCUT2D eigenvalue weighted by Crippen LogP contribution is -2.11. The topological polar surface area (TPSA) is 25.8 Å². The predicted molar refractivity (Wildman–Crippen MR) is 54.3 cm³/mol. The molecule has 0 amide bonds. The fraction of sp³-hybridized carbons (Fsp3) is 0.200. The van der Waals surface area contributed by atoms with E-state index in [9.17, 15) is 13.2 Å². The van der Waals surface area contributed by atoms with Crippen molar-refractivity contribution in [2.24, 2.45) is 0 Å². The van der Waals surface area contributed by atoms with Crippen LogP contribution in [-0.4, -0.2) is 16.4 Å². The Bertz CT molecular complexity index is 525. The van der Waals surface area contributed by atoms with E-state index >= 15 is 0 Å². The summed E-state index contributed by atoms with van der Waals surface area (Å²) in [6.07, 6.45) is -3.89. The lowest BCUT2D eigenvalue weighted by atomic mass is 10.1. The molecule has 0 aliphatic rings. The number of alkyl halides is 3. The molecule has 0 saturated carbocycles. The summed E-state index contributed by atoms with van der Waals surface area (Å²) in [7, 11) is 0. The van der Waals surface area contributed by atoms with Gasteiger partial charge in [-0.25, -0.2) is 0 Å². The number of halogens is 4. The Hall–Kier alpha value is -1.36. The summed E-state index contributed by atoms with van der Waals surface area (Å²) < 4.78 is 36.5. The summed E-state index contributed by atoms with van der Waals surface area (Å²) in [6.45, 7) is 0. The zero-order valence-corrected chi connectivity index (χ0v) is 8.68. The van der Waals surface area contributed by atoms with E-state index in [0.717, 1.165) is 0 Å². The van der Waals surface area contributed by atoms with Crippen LogP contribution in [0.5, 0.6) is 0 Å². The van der Waals surface area contributed by atoms with Gasteiger partial charge in [-0.3, -0.25) is 0 Å². The molecular weight excluding hydrogens is 241 g/mol. The molecule has 0 atom stereocenters. The van der Waals surface area contributed by atoms with Gasteiger partial charge < -0.3 is 0 Å². The summed E-state index contributed by atoms with van der Waals surface area (Å²) >= 11 is 5.82. The fourth-order valence-electron chi connectivity index (χ4n) is 1.41. The van der Waals surface area contributed by atoms with E-state index in [0.29, 0.717) is 15.9 Å². The molecule has 0 fully saturated rings. The Labute approximate surface area is 94.1 Å². The number of aromatic nitrogens is 2. The van der Waals surface area contributed by atoms with Crippen LogP contribution in [0.3, 0.4) is 0 Å². The first kappa shape index (κ1) is 11.1.